The van der Waals surface area contributed by atoms with Crippen LogP contribution in [-0.2, 0) is 0 Å². The van der Waals surface area contributed by atoms with Crippen LogP contribution in [0.25, 0.3) is 10.9 Å². The van der Waals surface area contributed by atoms with Gasteiger partial charge in [-0.25, -0.2) is 4.98 Å². The zero-order valence-electron chi connectivity index (χ0n) is 15.1. The third-order valence-corrected chi connectivity index (χ3v) is 5.08. The van der Waals surface area contributed by atoms with E-state index in [1.165, 1.54) is 0 Å². The molecule has 0 aliphatic carbocycles. The van der Waals surface area contributed by atoms with E-state index in [9.17, 15) is 4.79 Å². The number of carbonyl (C=O) groups is 1. The largest absolute Gasteiger partial charge is 0.318 e. The average molecular weight is 349 g/mol. The summed E-state index contributed by atoms with van der Waals surface area (Å²) in [5.41, 5.74) is 3.05. The first-order chi connectivity index (χ1) is 12.6. The van der Waals surface area contributed by atoms with Gasteiger partial charge in [-0.2, -0.15) is 5.10 Å². The van der Waals surface area contributed by atoms with Gasteiger partial charge < -0.3 is 10.2 Å². The summed E-state index contributed by atoms with van der Waals surface area (Å²) < 4.78 is 1.97. The van der Waals surface area contributed by atoms with Gasteiger partial charge in [-0.1, -0.05) is 24.3 Å². The molecular weight excluding hydrogens is 326 g/mol. The molecule has 1 aliphatic rings. The molecule has 1 aromatic carbocycles. The number of fused-ring (bicyclic) bond motifs is 1. The van der Waals surface area contributed by atoms with Gasteiger partial charge in [-0.15, -0.1) is 0 Å². The molecule has 1 N–H and O–H groups in total. The number of benzene rings is 1. The Morgan fingerprint density at radius 2 is 2.00 bits per heavy atom. The van der Waals surface area contributed by atoms with Crippen molar-refractivity contribution in [2.24, 2.45) is 0 Å². The number of hydrogen-bond donors (Lipinski definition) is 1. The van der Waals surface area contributed by atoms with Crippen molar-refractivity contribution in [1.82, 2.24) is 19.7 Å². The van der Waals surface area contributed by atoms with Gasteiger partial charge in [-0.05, 0) is 51.5 Å². The number of carbonyl (C=O) groups excluding carboxylic acids is 1. The Hall–Kier alpha value is -2.73. The minimum atomic E-state index is -0.210. The van der Waals surface area contributed by atoms with Gasteiger partial charge in [-0.3, -0.25) is 9.48 Å². The second kappa shape index (κ2) is 6.88. The predicted octanol–water partition coefficient (Wildman–Crippen LogP) is 3.26. The van der Waals surface area contributed by atoms with Crippen LogP contribution in [0.3, 0.4) is 0 Å². The number of pyridine rings is 1. The normalized spacial score (nSPS) is 16.1. The molecule has 0 atom stereocenters. The van der Waals surface area contributed by atoms with Crippen molar-refractivity contribution in [2.45, 2.75) is 25.8 Å². The summed E-state index contributed by atoms with van der Waals surface area (Å²) in [4.78, 5) is 19.4. The van der Waals surface area contributed by atoms with Crippen molar-refractivity contribution in [2.75, 3.05) is 25.5 Å². The molecule has 26 heavy (non-hydrogen) atoms. The van der Waals surface area contributed by atoms with Gasteiger partial charge >= 0.3 is 0 Å². The van der Waals surface area contributed by atoms with Crippen LogP contribution in [0.1, 0.15) is 34.9 Å². The second-order valence-electron chi connectivity index (χ2n) is 7.04. The number of rotatable bonds is 3. The molecule has 3 heterocycles. The minimum absolute atomic E-state index is 0.210. The first kappa shape index (κ1) is 16.7. The zero-order valence-corrected chi connectivity index (χ0v) is 15.1. The molecule has 1 amide bonds. The molecule has 0 spiro atoms. The maximum Gasteiger partial charge on any atom is 0.274 e. The monoisotopic (exact) mass is 349 g/mol. The van der Waals surface area contributed by atoms with E-state index in [-0.39, 0.29) is 5.91 Å². The molecule has 0 unspecified atom stereocenters. The van der Waals surface area contributed by atoms with Gasteiger partial charge in [0.2, 0.25) is 0 Å². The summed E-state index contributed by atoms with van der Waals surface area (Å²) in [5.74, 6) is -0.210. The van der Waals surface area contributed by atoms with Gasteiger partial charge in [0.25, 0.3) is 5.91 Å². The summed E-state index contributed by atoms with van der Waals surface area (Å²) in [6.45, 7) is 4.15. The molecule has 4 rings (SSSR count). The highest BCUT2D eigenvalue weighted by Crippen LogP contribution is 2.22. The topological polar surface area (TPSA) is 63.1 Å². The molecule has 6 nitrogen and oxygen atoms in total. The van der Waals surface area contributed by atoms with Gasteiger partial charge in [0.05, 0.1) is 23.4 Å². The first-order valence-corrected chi connectivity index (χ1v) is 9.00. The molecule has 2 aromatic heterocycles. The highest BCUT2D eigenvalue weighted by Gasteiger charge is 2.19. The number of likely N-dealkylation sites (tertiary alicyclic amines) is 1. The lowest BCUT2D eigenvalue weighted by atomic mass is 10.1. The Kier molecular flexibility index (Phi) is 4.42. The van der Waals surface area contributed by atoms with Crippen molar-refractivity contribution in [3.8, 4) is 0 Å². The molecule has 0 radical (unpaired) electrons. The Balaban J connectivity index is 1.49. The molecule has 1 saturated heterocycles. The number of aromatic nitrogens is 3. The highest BCUT2D eigenvalue weighted by atomic mass is 16.1. The zero-order chi connectivity index (χ0) is 18.1. The molecule has 134 valence electrons. The number of amides is 1. The third-order valence-electron chi connectivity index (χ3n) is 5.08. The van der Waals surface area contributed by atoms with Crippen molar-refractivity contribution < 1.29 is 4.79 Å². The Bertz CT molecular complexity index is 940. The van der Waals surface area contributed by atoms with Crippen molar-refractivity contribution in [3.63, 3.8) is 0 Å². The van der Waals surface area contributed by atoms with Crippen molar-refractivity contribution in [3.05, 3.63) is 54.0 Å². The van der Waals surface area contributed by atoms with Crippen LogP contribution in [0.2, 0.25) is 0 Å². The number of anilines is 1. The summed E-state index contributed by atoms with van der Waals surface area (Å²) in [6, 6.07) is 10.1. The van der Waals surface area contributed by atoms with Crippen molar-refractivity contribution >= 4 is 22.5 Å². The fourth-order valence-corrected chi connectivity index (χ4v) is 3.48. The van der Waals surface area contributed by atoms with Crippen LogP contribution < -0.4 is 5.32 Å². The number of piperidine rings is 1. The van der Waals surface area contributed by atoms with Crippen LogP contribution in [-0.4, -0.2) is 45.7 Å². The fraction of sp³-hybridized carbons (Fsp3) is 0.350. The molecule has 1 fully saturated rings. The Morgan fingerprint density at radius 1 is 1.19 bits per heavy atom. The Morgan fingerprint density at radius 3 is 2.81 bits per heavy atom. The SMILES string of the molecule is Cc1cccc2ccc(C(=O)Nc3cnn(C4CCN(C)CC4)c3)nc12. The number of para-hydroxylation sites is 1. The predicted molar refractivity (Wildman–Crippen MR) is 102 cm³/mol. The van der Waals surface area contributed by atoms with Crippen LogP contribution in [0, 0.1) is 6.92 Å². The number of aryl methyl sites for hydroxylation is 1. The third kappa shape index (κ3) is 3.32. The maximum atomic E-state index is 12.6. The molecular formula is C20H23N5O. The van der Waals surface area contributed by atoms with E-state index < -0.39 is 0 Å². The first-order valence-electron chi connectivity index (χ1n) is 9.00. The number of nitrogens with one attached hydrogen (secondary N) is 1. The number of nitrogens with zero attached hydrogens (tertiary/aromatic N) is 4. The van der Waals surface area contributed by atoms with Crippen LogP contribution in [0.4, 0.5) is 5.69 Å². The van der Waals surface area contributed by atoms with E-state index in [1.54, 1.807) is 12.3 Å². The Labute approximate surface area is 152 Å². The molecule has 1 aliphatic heterocycles. The van der Waals surface area contributed by atoms with Crippen LogP contribution >= 0.6 is 0 Å². The lowest BCUT2D eigenvalue weighted by Crippen LogP contribution is -2.31. The van der Waals surface area contributed by atoms with Crippen LogP contribution in [0.5, 0.6) is 0 Å². The second-order valence-corrected chi connectivity index (χ2v) is 7.04. The van der Waals surface area contributed by atoms with E-state index >= 15 is 0 Å². The van der Waals surface area contributed by atoms with E-state index in [0.29, 0.717) is 17.4 Å². The summed E-state index contributed by atoms with van der Waals surface area (Å²) in [7, 11) is 2.14. The van der Waals surface area contributed by atoms with E-state index in [2.05, 4.69) is 27.3 Å². The van der Waals surface area contributed by atoms with Crippen molar-refractivity contribution in [1.29, 1.82) is 0 Å². The standard InChI is InChI=1S/C20H23N5O/c1-14-4-3-5-15-6-7-18(23-19(14)15)20(26)22-16-12-21-25(13-16)17-8-10-24(2)11-9-17/h3-7,12-13,17H,8-11H2,1-2H3,(H,22,26). The lowest BCUT2D eigenvalue weighted by Gasteiger charge is -2.28. The fourth-order valence-electron chi connectivity index (χ4n) is 3.48. The molecule has 3 aromatic rings. The van der Waals surface area contributed by atoms with E-state index in [4.69, 9.17) is 0 Å². The number of hydrogen-bond acceptors (Lipinski definition) is 4. The highest BCUT2D eigenvalue weighted by molar-refractivity contribution is 6.04. The van der Waals surface area contributed by atoms with Gasteiger partial charge in [0, 0.05) is 11.6 Å². The average Bonchev–Trinajstić information content (AvgIpc) is 3.11. The van der Waals surface area contributed by atoms with Gasteiger partial charge in [0.15, 0.2) is 0 Å². The molecule has 0 bridgehead atoms. The maximum absolute atomic E-state index is 12.6. The lowest BCUT2D eigenvalue weighted by molar-refractivity contribution is 0.102. The van der Waals surface area contributed by atoms with E-state index in [0.717, 1.165) is 42.4 Å². The summed E-state index contributed by atoms with van der Waals surface area (Å²) in [5, 5.41) is 8.39. The minimum Gasteiger partial charge on any atom is -0.318 e. The smallest absolute Gasteiger partial charge is 0.274 e. The van der Waals surface area contributed by atoms with Gasteiger partial charge in [0.1, 0.15) is 5.69 Å². The summed E-state index contributed by atoms with van der Waals surface area (Å²) >= 11 is 0. The summed E-state index contributed by atoms with van der Waals surface area (Å²) in [6.07, 6.45) is 5.79. The van der Waals surface area contributed by atoms with E-state index in [1.807, 2.05) is 42.1 Å². The van der Waals surface area contributed by atoms with Crippen LogP contribution in [0.15, 0.2) is 42.7 Å². The molecule has 0 saturated carbocycles. The quantitative estimate of drug-likeness (QED) is 0.788. The molecule has 6 heteroatoms.